The van der Waals surface area contributed by atoms with Gasteiger partial charge in [-0.1, -0.05) is 78.9 Å². The van der Waals surface area contributed by atoms with Crippen LogP contribution in [0.25, 0.3) is 22.2 Å². The van der Waals surface area contributed by atoms with Crippen molar-refractivity contribution in [2.24, 2.45) is 0 Å². The number of amides is 1. The summed E-state index contributed by atoms with van der Waals surface area (Å²) in [5.74, 6) is 0.131. The number of nitrogens with zero attached hydrogens (tertiary/aromatic N) is 4. The highest BCUT2D eigenvalue weighted by Crippen LogP contribution is 2.36. The fourth-order valence-electron chi connectivity index (χ4n) is 5.39. The topological polar surface area (TPSA) is 39.7 Å². The van der Waals surface area contributed by atoms with Crippen LogP contribution in [0.5, 0.6) is 0 Å². The molecule has 5 nitrogen and oxygen atoms in total. The first-order valence-corrected chi connectivity index (χ1v) is 13.4. The van der Waals surface area contributed by atoms with Crippen molar-refractivity contribution in [1.82, 2.24) is 19.7 Å². The molecule has 0 unspecified atom stereocenters. The van der Waals surface area contributed by atoms with E-state index in [-0.39, 0.29) is 5.91 Å². The van der Waals surface area contributed by atoms with Gasteiger partial charge in [0.05, 0.1) is 16.8 Å². The van der Waals surface area contributed by atoms with Gasteiger partial charge in [-0.3, -0.25) is 9.69 Å². The Labute approximate surface area is 219 Å². The summed E-state index contributed by atoms with van der Waals surface area (Å²) in [6, 6.07) is 29.2. The monoisotopic (exact) mass is 490 g/mol. The molecule has 2 fully saturated rings. The Morgan fingerprint density at radius 1 is 0.865 bits per heavy atom. The second-order valence-electron chi connectivity index (χ2n) is 10.4. The van der Waals surface area contributed by atoms with E-state index in [4.69, 9.17) is 4.98 Å². The van der Waals surface area contributed by atoms with Crippen LogP contribution in [0.4, 0.5) is 0 Å². The molecule has 0 radical (unpaired) electrons. The van der Waals surface area contributed by atoms with Crippen molar-refractivity contribution < 1.29 is 4.79 Å². The van der Waals surface area contributed by atoms with Gasteiger partial charge >= 0.3 is 0 Å². The molecule has 1 aliphatic carbocycles. The van der Waals surface area contributed by atoms with Crippen LogP contribution in [0.3, 0.4) is 0 Å². The lowest BCUT2D eigenvalue weighted by Crippen LogP contribution is -2.44. The second-order valence-corrected chi connectivity index (χ2v) is 10.4. The smallest absolute Gasteiger partial charge is 0.255 e. The van der Waals surface area contributed by atoms with Crippen LogP contribution in [-0.2, 0) is 13.1 Å². The van der Waals surface area contributed by atoms with Gasteiger partial charge in [0.15, 0.2) is 0 Å². The number of hydrogen-bond acceptors (Lipinski definition) is 4. The van der Waals surface area contributed by atoms with E-state index in [2.05, 4.69) is 76.3 Å². The minimum absolute atomic E-state index is 0.131. The van der Waals surface area contributed by atoms with Crippen molar-refractivity contribution in [3.8, 4) is 11.3 Å². The number of aromatic nitrogens is 1. The molecule has 0 atom stereocenters. The van der Waals surface area contributed by atoms with Gasteiger partial charge in [-0.15, -0.1) is 0 Å². The lowest BCUT2D eigenvalue weighted by Gasteiger charge is -2.34. The maximum absolute atomic E-state index is 14.6. The van der Waals surface area contributed by atoms with Gasteiger partial charge in [0.1, 0.15) is 0 Å². The molecule has 0 bridgehead atoms. The van der Waals surface area contributed by atoms with Gasteiger partial charge in [0, 0.05) is 61.8 Å². The van der Waals surface area contributed by atoms with E-state index < -0.39 is 0 Å². The fraction of sp³-hybridized carbons (Fsp3) is 0.312. The summed E-state index contributed by atoms with van der Waals surface area (Å²) < 4.78 is 0. The van der Waals surface area contributed by atoms with Crippen LogP contribution < -0.4 is 0 Å². The molecule has 1 saturated heterocycles. The zero-order valence-corrected chi connectivity index (χ0v) is 21.5. The Balaban J connectivity index is 1.50. The second kappa shape index (κ2) is 10.4. The van der Waals surface area contributed by atoms with E-state index in [0.29, 0.717) is 12.6 Å². The normalized spacial score (nSPS) is 16.7. The molecule has 5 heteroatoms. The third-order valence-electron chi connectivity index (χ3n) is 7.68. The highest BCUT2D eigenvalue weighted by Gasteiger charge is 2.35. The van der Waals surface area contributed by atoms with Gasteiger partial charge in [-0.2, -0.15) is 0 Å². The molecule has 1 amide bonds. The molecule has 3 aromatic carbocycles. The Morgan fingerprint density at radius 2 is 1.51 bits per heavy atom. The molecule has 188 valence electrons. The summed E-state index contributed by atoms with van der Waals surface area (Å²) in [5.41, 5.74) is 5.92. The number of carbonyl (C=O) groups is 1. The highest BCUT2D eigenvalue weighted by molar-refractivity contribution is 6.09. The number of para-hydroxylation sites is 1. The highest BCUT2D eigenvalue weighted by atomic mass is 16.2. The lowest BCUT2D eigenvalue weighted by molar-refractivity contribution is 0.0728. The minimum atomic E-state index is 0.131. The third-order valence-corrected chi connectivity index (χ3v) is 7.68. The van der Waals surface area contributed by atoms with E-state index >= 15 is 0 Å². The van der Waals surface area contributed by atoms with Crippen LogP contribution in [0.15, 0.2) is 84.9 Å². The average molecular weight is 491 g/mol. The van der Waals surface area contributed by atoms with Crippen molar-refractivity contribution in [2.45, 2.75) is 32.0 Å². The summed E-state index contributed by atoms with van der Waals surface area (Å²) in [4.78, 5) is 26.7. The Kier molecular flexibility index (Phi) is 6.73. The van der Waals surface area contributed by atoms with Crippen molar-refractivity contribution >= 4 is 16.8 Å². The predicted octanol–water partition coefficient (Wildman–Crippen LogP) is 5.45. The Morgan fingerprint density at radius 3 is 2.22 bits per heavy atom. The van der Waals surface area contributed by atoms with Gasteiger partial charge in [-0.05, 0) is 31.5 Å². The maximum Gasteiger partial charge on any atom is 0.255 e. The Bertz CT molecular complexity index is 1380. The summed E-state index contributed by atoms with van der Waals surface area (Å²) in [5, 5.41) is 0.954. The number of pyridine rings is 1. The van der Waals surface area contributed by atoms with Crippen molar-refractivity contribution in [3.63, 3.8) is 0 Å². The zero-order chi connectivity index (χ0) is 25.2. The molecule has 1 aliphatic heterocycles. The average Bonchev–Trinajstić information content (AvgIpc) is 3.79. The first-order chi connectivity index (χ1) is 18.2. The summed E-state index contributed by atoms with van der Waals surface area (Å²) >= 11 is 0. The van der Waals surface area contributed by atoms with Crippen LogP contribution in [-0.4, -0.2) is 64.9 Å². The van der Waals surface area contributed by atoms with Crippen LogP contribution in [0.2, 0.25) is 0 Å². The quantitative estimate of drug-likeness (QED) is 0.345. The molecule has 37 heavy (non-hydrogen) atoms. The van der Waals surface area contributed by atoms with Crippen LogP contribution in [0, 0.1) is 0 Å². The SMILES string of the molecule is CN1CCN(Cc2c(-c3ccccc3)nc3ccccc3c2C(=O)N(Cc2ccccc2)C2CC2)CC1. The number of rotatable bonds is 7. The molecule has 1 aromatic heterocycles. The third kappa shape index (κ3) is 5.15. The maximum atomic E-state index is 14.6. The van der Waals surface area contributed by atoms with E-state index in [1.807, 2.05) is 30.3 Å². The van der Waals surface area contributed by atoms with Crippen molar-refractivity contribution in [3.05, 3.63) is 102 Å². The lowest BCUT2D eigenvalue weighted by atomic mass is 9.94. The minimum Gasteiger partial charge on any atom is -0.331 e. The first-order valence-electron chi connectivity index (χ1n) is 13.4. The van der Waals surface area contributed by atoms with Crippen LogP contribution >= 0.6 is 0 Å². The summed E-state index contributed by atoms with van der Waals surface area (Å²) in [6.07, 6.45) is 2.14. The zero-order valence-electron chi connectivity index (χ0n) is 21.5. The van der Waals surface area contributed by atoms with Crippen molar-refractivity contribution in [1.29, 1.82) is 0 Å². The molecule has 0 N–H and O–H groups in total. The molecule has 1 saturated carbocycles. The molecule has 4 aromatic rings. The molecular weight excluding hydrogens is 456 g/mol. The van der Waals surface area contributed by atoms with E-state index in [9.17, 15) is 4.79 Å². The number of benzene rings is 3. The Hall–Kier alpha value is -3.54. The van der Waals surface area contributed by atoms with Crippen LogP contribution in [0.1, 0.15) is 34.3 Å². The fourth-order valence-corrected chi connectivity index (χ4v) is 5.39. The number of carbonyl (C=O) groups excluding carboxylic acids is 1. The van der Waals surface area contributed by atoms with E-state index in [1.54, 1.807) is 0 Å². The summed E-state index contributed by atoms with van der Waals surface area (Å²) in [6.45, 7) is 5.40. The van der Waals surface area contributed by atoms with E-state index in [1.165, 1.54) is 5.56 Å². The van der Waals surface area contributed by atoms with Crippen molar-refractivity contribution in [2.75, 3.05) is 33.2 Å². The molecular formula is C32H34N4O. The molecule has 0 spiro atoms. The van der Waals surface area contributed by atoms with Gasteiger partial charge in [0.2, 0.25) is 0 Å². The first kappa shape index (κ1) is 23.8. The number of likely N-dealkylation sites (N-methyl/N-ethyl adjacent to an activating group) is 1. The molecule has 6 rings (SSSR count). The summed E-state index contributed by atoms with van der Waals surface area (Å²) in [7, 11) is 2.18. The van der Waals surface area contributed by atoms with Gasteiger partial charge < -0.3 is 9.80 Å². The van der Waals surface area contributed by atoms with Gasteiger partial charge in [-0.25, -0.2) is 4.98 Å². The largest absolute Gasteiger partial charge is 0.331 e. The molecule has 2 heterocycles. The predicted molar refractivity (Wildman–Crippen MR) is 149 cm³/mol. The van der Waals surface area contributed by atoms with Gasteiger partial charge in [0.25, 0.3) is 5.91 Å². The molecule has 2 aliphatic rings. The number of hydrogen-bond donors (Lipinski definition) is 0. The standard InChI is InChI=1S/C32H34N4O/c1-34-18-20-35(21-19-34)23-28-30(32(37)36(26-16-17-26)22-24-10-4-2-5-11-24)27-14-8-9-15-29(27)33-31(28)25-12-6-3-7-13-25/h2-15,26H,16-23H2,1H3. The number of fused-ring (bicyclic) bond motifs is 1. The van der Waals surface area contributed by atoms with E-state index in [0.717, 1.165) is 78.9 Å². The number of piperazine rings is 1.